The van der Waals surface area contributed by atoms with Crippen molar-refractivity contribution in [1.29, 1.82) is 0 Å². The van der Waals surface area contributed by atoms with Gasteiger partial charge in [-0.2, -0.15) is 0 Å². The summed E-state index contributed by atoms with van der Waals surface area (Å²) >= 11 is 5.92. The van der Waals surface area contributed by atoms with Crippen molar-refractivity contribution in [2.24, 2.45) is 0 Å². The predicted octanol–water partition coefficient (Wildman–Crippen LogP) is 3.25. The molecule has 1 amide bonds. The number of rotatable bonds is 6. The summed E-state index contributed by atoms with van der Waals surface area (Å²) in [5.41, 5.74) is 2.09. The fraction of sp³-hybridized carbons (Fsp3) is 0.235. The minimum absolute atomic E-state index is 0.0159. The second-order valence-corrected chi connectivity index (χ2v) is 5.19. The Morgan fingerprint density at radius 3 is 2.57 bits per heavy atom. The molecule has 2 rings (SSSR count). The Hall–Kier alpha value is -2.00. The molecule has 0 radical (unpaired) electrons. The molecule has 0 saturated carbocycles. The molecule has 3 nitrogen and oxygen atoms in total. The van der Waals surface area contributed by atoms with Gasteiger partial charge in [0.05, 0.1) is 13.5 Å². The van der Waals surface area contributed by atoms with Gasteiger partial charge in [0.1, 0.15) is 5.75 Å². The maximum Gasteiger partial charge on any atom is 0.224 e. The summed E-state index contributed by atoms with van der Waals surface area (Å²) in [6.07, 6.45) is 1.15. The molecule has 0 aliphatic heterocycles. The fourth-order valence-electron chi connectivity index (χ4n) is 2.03. The van der Waals surface area contributed by atoms with E-state index in [0.717, 1.165) is 28.3 Å². The summed E-state index contributed by atoms with van der Waals surface area (Å²) in [4.78, 5) is 11.9. The quantitative estimate of drug-likeness (QED) is 0.889. The highest BCUT2D eigenvalue weighted by molar-refractivity contribution is 6.30. The van der Waals surface area contributed by atoms with Gasteiger partial charge < -0.3 is 10.1 Å². The smallest absolute Gasteiger partial charge is 0.224 e. The van der Waals surface area contributed by atoms with Crippen molar-refractivity contribution < 1.29 is 9.53 Å². The first-order chi connectivity index (χ1) is 10.2. The van der Waals surface area contributed by atoms with Crippen molar-refractivity contribution in [2.45, 2.75) is 12.8 Å². The second-order valence-electron chi connectivity index (χ2n) is 4.75. The number of benzene rings is 2. The first-order valence-electron chi connectivity index (χ1n) is 6.81. The van der Waals surface area contributed by atoms with Gasteiger partial charge in [-0.15, -0.1) is 0 Å². The first kappa shape index (κ1) is 15.4. The number of carbonyl (C=O) groups is 1. The molecule has 4 heteroatoms. The van der Waals surface area contributed by atoms with Crippen LogP contribution in [0.2, 0.25) is 5.02 Å². The Balaban J connectivity index is 1.76. The lowest BCUT2D eigenvalue weighted by molar-refractivity contribution is -0.120. The Kier molecular flexibility index (Phi) is 5.64. The van der Waals surface area contributed by atoms with E-state index in [9.17, 15) is 4.79 Å². The van der Waals surface area contributed by atoms with Crippen LogP contribution in [0.5, 0.6) is 5.75 Å². The van der Waals surface area contributed by atoms with Crippen LogP contribution in [0.4, 0.5) is 0 Å². The molecule has 110 valence electrons. The van der Waals surface area contributed by atoms with E-state index in [-0.39, 0.29) is 5.91 Å². The van der Waals surface area contributed by atoms with Crippen LogP contribution in [-0.4, -0.2) is 19.6 Å². The molecule has 0 aliphatic carbocycles. The van der Waals surface area contributed by atoms with Gasteiger partial charge in [0.15, 0.2) is 0 Å². The molecule has 2 aromatic carbocycles. The van der Waals surface area contributed by atoms with E-state index in [1.807, 2.05) is 48.5 Å². The first-order valence-corrected chi connectivity index (χ1v) is 7.19. The summed E-state index contributed by atoms with van der Waals surface area (Å²) in [5.74, 6) is 0.808. The van der Waals surface area contributed by atoms with Gasteiger partial charge in [0.25, 0.3) is 0 Å². The SMILES string of the molecule is COc1ccc(CC(=O)NCCc2cccc(Cl)c2)cc1. The highest BCUT2D eigenvalue weighted by Gasteiger charge is 2.03. The van der Waals surface area contributed by atoms with Crippen LogP contribution in [-0.2, 0) is 17.6 Å². The molecule has 0 atom stereocenters. The van der Waals surface area contributed by atoms with Gasteiger partial charge in [-0.25, -0.2) is 0 Å². The minimum Gasteiger partial charge on any atom is -0.497 e. The van der Waals surface area contributed by atoms with Crippen molar-refractivity contribution in [3.63, 3.8) is 0 Å². The molecule has 0 aliphatic rings. The third-order valence-corrected chi connectivity index (χ3v) is 3.38. The average molecular weight is 304 g/mol. The third-order valence-electron chi connectivity index (χ3n) is 3.15. The Labute approximate surface area is 129 Å². The van der Waals surface area contributed by atoms with Crippen molar-refractivity contribution in [1.82, 2.24) is 5.32 Å². The summed E-state index contributed by atoms with van der Waals surface area (Å²) in [7, 11) is 1.62. The number of hydrogen-bond acceptors (Lipinski definition) is 2. The summed E-state index contributed by atoms with van der Waals surface area (Å²) < 4.78 is 5.09. The van der Waals surface area contributed by atoms with Crippen LogP contribution < -0.4 is 10.1 Å². The van der Waals surface area contributed by atoms with Crippen LogP contribution in [0, 0.1) is 0 Å². The zero-order chi connectivity index (χ0) is 15.1. The molecule has 0 heterocycles. The molecule has 0 unspecified atom stereocenters. The molecule has 1 N–H and O–H groups in total. The summed E-state index contributed by atoms with van der Waals surface area (Å²) in [5, 5.41) is 3.63. The predicted molar refractivity (Wildman–Crippen MR) is 84.9 cm³/mol. The number of halogens is 1. The molecule has 0 bridgehead atoms. The van der Waals surface area contributed by atoms with E-state index in [2.05, 4.69) is 5.32 Å². The van der Waals surface area contributed by atoms with Crippen molar-refractivity contribution >= 4 is 17.5 Å². The van der Waals surface area contributed by atoms with Gasteiger partial charge in [-0.1, -0.05) is 35.9 Å². The zero-order valence-electron chi connectivity index (χ0n) is 11.9. The molecular weight excluding hydrogens is 286 g/mol. The summed E-state index contributed by atoms with van der Waals surface area (Å²) in [6, 6.07) is 15.2. The number of ether oxygens (including phenoxy) is 1. The van der Waals surface area contributed by atoms with Gasteiger partial charge in [0, 0.05) is 11.6 Å². The Morgan fingerprint density at radius 2 is 1.90 bits per heavy atom. The molecule has 21 heavy (non-hydrogen) atoms. The monoisotopic (exact) mass is 303 g/mol. The largest absolute Gasteiger partial charge is 0.497 e. The highest BCUT2D eigenvalue weighted by Crippen LogP contribution is 2.12. The highest BCUT2D eigenvalue weighted by atomic mass is 35.5. The van der Waals surface area contributed by atoms with Crippen molar-refractivity contribution in [3.05, 3.63) is 64.7 Å². The zero-order valence-corrected chi connectivity index (χ0v) is 12.7. The van der Waals surface area contributed by atoms with E-state index >= 15 is 0 Å². The fourth-order valence-corrected chi connectivity index (χ4v) is 2.24. The van der Waals surface area contributed by atoms with Gasteiger partial charge >= 0.3 is 0 Å². The molecular formula is C17H18ClNO2. The third kappa shape index (κ3) is 5.12. The van der Waals surface area contributed by atoms with Gasteiger partial charge in [0.2, 0.25) is 5.91 Å². The standard InChI is InChI=1S/C17H18ClNO2/c1-21-16-7-5-14(6-8-16)12-17(20)19-10-9-13-3-2-4-15(18)11-13/h2-8,11H,9-10,12H2,1H3,(H,19,20). The average Bonchev–Trinajstić information content (AvgIpc) is 2.48. The molecule has 2 aromatic rings. The van der Waals surface area contributed by atoms with Gasteiger partial charge in [-0.05, 0) is 41.8 Å². The van der Waals surface area contributed by atoms with Crippen LogP contribution in [0.15, 0.2) is 48.5 Å². The molecule has 0 saturated heterocycles. The topological polar surface area (TPSA) is 38.3 Å². The van der Waals surface area contributed by atoms with Crippen LogP contribution >= 0.6 is 11.6 Å². The van der Waals surface area contributed by atoms with Crippen molar-refractivity contribution in [3.8, 4) is 5.75 Å². The number of carbonyl (C=O) groups excluding carboxylic acids is 1. The van der Waals surface area contributed by atoms with E-state index in [1.165, 1.54) is 0 Å². The lowest BCUT2D eigenvalue weighted by Gasteiger charge is -2.06. The van der Waals surface area contributed by atoms with E-state index in [1.54, 1.807) is 7.11 Å². The number of amides is 1. The molecule has 0 fully saturated rings. The maximum atomic E-state index is 11.9. The van der Waals surface area contributed by atoms with E-state index in [0.29, 0.717) is 13.0 Å². The van der Waals surface area contributed by atoms with Crippen LogP contribution in [0.25, 0.3) is 0 Å². The number of methoxy groups -OCH3 is 1. The van der Waals surface area contributed by atoms with Crippen LogP contribution in [0.1, 0.15) is 11.1 Å². The minimum atomic E-state index is 0.0159. The lowest BCUT2D eigenvalue weighted by atomic mass is 10.1. The second kappa shape index (κ2) is 7.70. The number of hydrogen-bond donors (Lipinski definition) is 1. The van der Waals surface area contributed by atoms with Crippen LogP contribution in [0.3, 0.4) is 0 Å². The molecule has 0 spiro atoms. The van der Waals surface area contributed by atoms with E-state index in [4.69, 9.17) is 16.3 Å². The Morgan fingerprint density at radius 1 is 1.14 bits per heavy atom. The maximum absolute atomic E-state index is 11.9. The molecule has 0 aromatic heterocycles. The number of nitrogens with one attached hydrogen (secondary N) is 1. The Bertz CT molecular complexity index is 596. The van der Waals surface area contributed by atoms with Crippen molar-refractivity contribution in [2.75, 3.05) is 13.7 Å². The van der Waals surface area contributed by atoms with Gasteiger partial charge in [-0.3, -0.25) is 4.79 Å². The lowest BCUT2D eigenvalue weighted by Crippen LogP contribution is -2.27. The van der Waals surface area contributed by atoms with E-state index < -0.39 is 0 Å². The summed E-state index contributed by atoms with van der Waals surface area (Å²) in [6.45, 7) is 0.606. The normalized spacial score (nSPS) is 10.2.